The van der Waals surface area contributed by atoms with Crippen LogP contribution in [0.5, 0.6) is 17.8 Å². The average Bonchev–Trinajstić information content (AvgIpc) is 3.13. The van der Waals surface area contributed by atoms with Crippen LogP contribution in [0.25, 0.3) is 0 Å². The number of rotatable bonds is 11. The Morgan fingerprint density at radius 3 is 1.80 bits per heavy atom. The first-order valence-electron chi connectivity index (χ1n) is 14.7. The molecule has 4 aromatic rings. The number of nitrogens with one attached hydrogen (secondary N) is 4. The van der Waals surface area contributed by atoms with Gasteiger partial charge in [-0.3, -0.25) is 15.4 Å². The lowest BCUT2D eigenvalue weighted by Gasteiger charge is -2.14. The largest absolute Gasteiger partial charge is 0.481 e. The highest BCUT2D eigenvalue weighted by Gasteiger charge is 2.28. The number of hydrogen-bond acceptors (Lipinski definition) is 18. The highest BCUT2D eigenvalue weighted by molar-refractivity contribution is 7.90. The first-order valence-corrected chi connectivity index (χ1v) is 17.7. The van der Waals surface area contributed by atoms with Gasteiger partial charge < -0.3 is 23.8 Å². The summed E-state index contributed by atoms with van der Waals surface area (Å²) in [6.45, 7) is 1.54. The van der Waals surface area contributed by atoms with E-state index in [1.165, 1.54) is 89.8 Å². The van der Waals surface area contributed by atoms with Gasteiger partial charge in [-0.15, -0.1) is 0 Å². The number of carbonyl (C=O) groups is 4. The second-order valence-electron chi connectivity index (χ2n) is 10.1. The van der Waals surface area contributed by atoms with Crippen molar-refractivity contribution in [2.24, 2.45) is 0 Å². The summed E-state index contributed by atoms with van der Waals surface area (Å²) in [6, 6.07) is 7.02. The predicted octanol–water partition coefficient (Wildman–Crippen LogP) is 0.587. The molecular weight excluding hydrogens is 759 g/mol. The van der Waals surface area contributed by atoms with E-state index in [1.54, 1.807) is 9.44 Å². The van der Waals surface area contributed by atoms with Crippen LogP contribution in [0.2, 0.25) is 0 Å². The zero-order valence-electron chi connectivity index (χ0n) is 29.5. The number of sulfonamides is 2. The maximum atomic E-state index is 12.5. The molecule has 0 fully saturated rings. The summed E-state index contributed by atoms with van der Waals surface area (Å²) in [5.74, 6) is -1.47. The van der Waals surface area contributed by atoms with E-state index >= 15 is 0 Å². The molecule has 4 N–H and O–H groups in total. The summed E-state index contributed by atoms with van der Waals surface area (Å²) in [6.07, 6.45) is 1.19. The van der Waals surface area contributed by atoms with Crippen LogP contribution in [-0.2, 0) is 24.8 Å². The molecule has 3 heterocycles. The number of anilines is 2. The van der Waals surface area contributed by atoms with E-state index in [-0.39, 0.29) is 46.6 Å². The molecule has 4 rings (SSSR count). The summed E-state index contributed by atoms with van der Waals surface area (Å²) in [4.78, 5) is 71.7. The summed E-state index contributed by atoms with van der Waals surface area (Å²) in [5, 5.41) is 3.72. The number of carbonyl (C=O) groups excluding carboxylic acids is 4. The summed E-state index contributed by atoms with van der Waals surface area (Å²) < 4.78 is 72.7. The molecule has 0 spiro atoms. The van der Waals surface area contributed by atoms with Crippen LogP contribution in [0, 0.1) is 6.92 Å². The molecule has 23 nitrogen and oxygen atoms in total. The number of benzene rings is 1. The zero-order valence-corrected chi connectivity index (χ0v) is 31.1. The van der Waals surface area contributed by atoms with E-state index in [0.717, 1.165) is 13.2 Å². The van der Waals surface area contributed by atoms with Gasteiger partial charge in [0, 0.05) is 20.3 Å². The molecular formula is C29H33N11O12S2. The first-order chi connectivity index (χ1) is 25.4. The van der Waals surface area contributed by atoms with Crippen molar-refractivity contribution in [2.45, 2.75) is 16.8 Å². The summed E-state index contributed by atoms with van der Waals surface area (Å²) >= 11 is 0. The lowest BCUT2D eigenvalue weighted by Crippen LogP contribution is -2.36. The summed E-state index contributed by atoms with van der Waals surface area (Å²) in [5.41, 5.74) is -0.403. The fraction of sp³-hybridized carbons (Fsp3) is 0.241. The van der Waals surface area contributed by atoms with E-state index in [9.17, 15) is 36.0 Å². The van der Waals surface area contributed by atoms with Gasteiger partial charge in [0.2, 0.25) is 23.7 Å². The molecule has 0 aliphatic carbocycles. The van der Waals surface area contributed by atoms with E-state index in [4.69, 9.17) is 14.2 Å². The van der Waals surface area contributed by atoms with E-state index in [2.05, 4.69) is 45.3 Å². The molecule has 1 aromatic carbocycles. The van der Waals surface area contributed by atoms with Gasteiger partial charge in [-0.1, -0.05) is 12.1 Å². The van der Waals surface area contributed by atoms with E-state index < -0.39 is 53.9 Å². The number of nitrogens with zero attached hydrogens (tertiary/aromatic N) is 7. The minimum atomic E-state index is -4.46. The smallest absolute Gasteiger partial charge is 0.339 e. The van der Waals surface area contributed by atoms with Crippen molar-refractivity contribution in [3.05, 3.63) is 65.6 Å². The van der Waals surface area contributed by atoms with Crippen molar-refractivity contribution in [3.63, 3.8) is 0 Å². The lowest BCUT2D eigenvalue weighted by atomic mass is 10.2. The lowest BCUT2D eigenvalue weighted by molar-refractivity contribution is 0.0596. The number of urea groups is 2. The Kier molecular flexibility index (Phi) is 14.0. The second kappa shape index (κ2) is 18.1. The molecule has 3 aromatic heterocycles. The van der Waals surface area contributed by atoms with Gasteiger partial charge in [0.05, 0.1) is 45.6 Å². The third kappa shape index (κ3) is 11.1. The molecule has 0 atom stereocenters. The fourth-order valence-electron chi connectivity index (χ4n) is 3.86. The molecule has 5 amide bonds. The number of methoxy groups -OCH3 is 4. The van der Waals surface area contributed by atoms with Crippen molar-refractivity contribution >= 4 is 55.9 Å². The van der Waals surface area contributed by atoms with Crippen LogP contribution in [0.15, 0.2) is 58.6 Å². The predicted molar refractivity (Wildman–Crippen MR) is 185 cm³/mol. The molecule has 0 bridgehead atoms. The van der Waals surface area contributed by atoms with Gasteiger partial charge in [0.25, 0.3) is 26.0 Å². The van der Waals surface area contributed by atoms with Crippen molar-refractivity contribution in [3.8, 4) is 17.8 Å². The molecule has 0 saturated carbocycles. The number of aromatic nitrogens is 6. The van der Waals surface area contributed by atoms with Crippen molar-refractivity contribution < 1.29 is 55.0 Å². The SMILES string of the molecule is COC(=O)c1ccccc1S(=O)(=O)NC(=O)Nc1nc(C)nc(OC)n1.COc1cc(OC)nc(NC(=O)NS(=O)(=O)c2ncccc2C(=O)N(C)C)n1. The molecule has 288 valence electrons. The maximum absolute atomic E-state index is 12.5. The van der Waals surface area contributed by atoms with Gasteiger partial charge >= 0.3 is 24.0 Å². The number of amides is 5. The van der Waals surface area contributed by atoms with Crippen molar-refractivity contribution in [1.29, 1.82) is 0 Å². The van der Waals surface area contributed by atoms with Gasteiger partial charge in [0.15, 0.2) is 5.03 Å². The van der Waals surface area contributed by atoms with Crippen LogP contribution < -0.4 is 34.3 Å². The second-order valence-corrected chi connectivity index (χ2v) is 13.4. The minimum absolute atomic E-state index is 0.0494. The normalized spacial score (nSPS) is 10.7. The van der Waals surface area contributed by atoms with Crippen LogP contribution in [0.3, 0.4) is 0 Å². The van der Waals surface area contributed by atoms with Crippen LogP contribution in [0.1, 0.15) is 26.5 Å². The number of hydrogen-bond donors (Lipinski definition) is 4. The molecule has 0 saturated heterocycles. The highest BCUT2D eigenvalue weighted by Crippen LogP contribution is 2.19. The average molecular weight is 792 g/mol. The minimum Gasteiger partial charge on any atom is -0.481 e. The maximum Gasteiger partial charge on any atom is 0.339 e. The zero-order chi connectivity index (χ0) is 40.2. The van der Waals surface area contributed by atoms with Crippen LogP contribution in [-0.4, -0.2) is 118 Å². The molecule has 25 heteroatoms. The van der Waals surface area contributed by atoms with Gasteiger partial charge in [-0.05, 0) is 31.2 Å². The Morgan fingerprint density at radius 1 is 0.685 bits per heavy atom. The molecule has 0 aliphatic heterocycles. The topological polar surface area (TPSA) is 302 Å². The standard InChI is InChI=1S/C15H18N6O6S.C14H15N5O6S/c1-21(2)13(22)9-6-5-7-16-12(9)28(24,25)20-15(23)19-14-17-10(26-3)8-11(18-14)27-4;1-8-15-12(18-14(16-8)25-3)17-13(21)19-26(22,23)10-7-5-4-6-9(10)11(20)24-2/h5-8H,1-4H3,(H2,17,18,19,20,23);4-7H,1-3H3,(H2,15,16,17,18,19,21). The van der Waals surface area contributed by atoms with E-state index in [1.807, 2.05) is 0 Å². The van der Waals surface area contributed by atoms with E-state index in [0.29, 0.717) is 0 Å². The Labute approximate surface area is 308 Å². The van der Waals surface area contributed by atoms with Crippen molar-refractivity contribution in [1.82, 2.24) is 44.2 Å². The molecule has 0 unspecified atom stereocenters. The summed E-state index contributed by atoms with van der Waals surface area (Å²) in [7, 11) is -0.765. The number of pyridine rings is 1. The van der Waals surface area contributed by atoms with Crippen LogP contribution in [0.4, 0.5) is 21.5 Å². The number of aryl methyl sites for hydroxylation is 1. The Morgan fingerprint density at radius 2 is 1.24 bits per heavy atom. The van der Waals surface area contributed by atoms with Gasteiger partial charge in [-0.2, -0.15) is 33.3 Å². The molecule has 0 aliphatic rings. The molecule has 0 radical (unpaired) electrons. The number of esters is 1. The monoisotopic (exact) mass is 791 g/mol. The first kappa shape index (κ1) is 41.7. The van der Waals surface area contributed by atoms with Gasteiger partial charge in [0.1, 0.15) is 10.7 Å². The molecule has 54 heavy (non-hydrogen) atoms. The van der Waals surface area contributed by atoms with Crippen molar-refractivity contribution in [2.75, 3.05) is 53.2 Å². The Bertz CT molecular complexity index is 2230. The highest BCUT2D eigenvalue weighted by atomic mass is 32.2. The van der Waals surface area contributed by atoms with Crippen LogP contribution >= 0.6 is 0 Å². The third-order valence-corrected chi connectivity index (χ3v) is 8.83. The third-order valence-electron chi connectivity index (χ3n) is 6.16. The Balaban J connectivity index is 0.000000291. The van der Waals surface area contributed by atoms with Gasteiger partial charge in [-0.25, -0.2) is 37.2 Å². The Hall–Kier alpha value is -6.76. The number of ether oxygens (including phenoxy) is 4. The fourth-order valence-corrected chi connectivity index (χ4v) is 6.00. The quantitative estimate of drug-likeness (QED) is 0.151.